The van der Waals surface area contributed by atoms with Crippen LogP contribution in [0.3, 0.4) is 0 Å². The Morgan fingerprint density at radius 1 is 1.32 bits per heavy atom. The van der Waals surface area contributed by atoms with Gasteiger partial charge >= 0.3 is 0 Å². The highest BCUT2D eigenvalue weighted by Crippen LogP contribution is 2.36. The molecular weight excluding hydrogens is 332 g/mol. The molecule has 0 aliphatic rings. The van der Waals surface area contributed by atoms with Gasteiger partial charge in [-0.1, -0.05) is 33.6 Å². The fraction of sp³-hybridized carbons (Fsp3) is 0.895. The topological polar surface area (TPSA) is 102 Å². The van der Waals surface area contributed by atoms with E-state index < -0.39 is 10.5 Å². The number of nitrogens with zero attached hydrogens (tertiary/aromatic N) is 1. The van der Waals surface area contributed by atoms with Crippen molar-refractivity contribution >= 4 is 11.8 Å². The van der Waals surface area contributed by atoms with E-state index in [-0.39, 0.29) is 11.3 Å². The predicted molar refractivity (Wildman–Crippen MR) is 112 cm³/mol. The largest absolute Gasteiger partial charge is 0.385 e. The Bertz CT molecular complexity index is 401. The molecule has 0 fully saturated rings. The molecule has 3 unspecified atom stereocenters. The summed E-state index contributed by atoms with van der Waals surface area (Å²) in [4.78, 5) is 1.59. The lowest BCUT2D eigenvalue weighted by Crippen LogP contribution is -2.47. The standard InChI is InChI=1S/C19H42N4OS/c1-7-9-10-17(21)25-18(6,22)14-19(24,15(3)4)13-16(5)23(8-2)12-11-20/h13,15,17,24H,7-12,14,20-22H2,1-6H3. The minimum absolute atomic E-state index is 0.000759. The first-order valence-corrected chi connectivity index (χ1v) is 10.5. The lowest BCUT2D eigenvalue weighted by molar-refractivity contribution is 0.0243. The summed E-state index contributed by atoms with van der Waals surface area (Å²) in [5, 5.41) is 11.3. The monoisotopic (exact) mass is 374 g/mol. The highest BCUT2D eigenvalue weighted by atomic mass is 32.2. The van der Waals surface area contributed by atoms with Crippen LogP contribution in [0.15, 0.2) is 11.8 Å². The molecule has 0 radical (unpaired) electrons. The van der Waals surface area contributed by atoms with Crippen LogP contribution in [-0.2, 0) is 0 Å². The van der Waals surface area contributed by atoms with Gasteiger partial charge in [-0.25, -0.2) is 0 Å². The molecule has 0 rings (SSSR count). The van der Waals surface area contributed by atoms with Crippen LogP contribution >= 0.6 is 11.8 Å². The first-order valence-electron chi connectivity index (χ1n) is 9.60. The van der Waals surface area contributed by atoms with Gasteiger partial charge in [0.15, 0.2) is 0 Å². The summed E-state index contributed by atoms with van der Waals surface area (Å²) in [6, 6.07) is 0. The van der Waals surface area contributed by atoms with Crippen molar-refractivity contribution in [1.29, 1.82) is 0 Å². The molecule has 25 heavy (non-hydrogen) atoms. The van der Waals surface area contributed by atoms with Crippen LogP contribution in [0.1, 0.15) is 67.2 Å². The highest BCUT2D eigenvalue weighted by molar-refractivity contribution is 8.01. The second kappa shape index (κ2) is 11.4. The van der Waals surface area contributed by atoms with Crippen molar-refractivity contribution in [3.05, 3.63) is 11.8 Å². The van der Waals surface area contributed by atoms with Gasteiger partial charge in [-0.05, 0) is 39.2 Å². The Balaban J connectivity index is 5.24. The zero-order chi connectivity index (χ0) is 19.7. The minimum atomic E-state index is -0.979. The van der Waals surface area contributed by atoms with Gasteiger partial charge in [0.25, 0.3) is 0 Å². The summed E-state index contributed by atoms with van der Waals surface area (Å²) < 4.78 is 0. The van der Waals surface area contributed by atoms with E-state index in [0.717, 1.165) is 38.0 Å². The zero-order valence-electron chi connectivity index (χ0n) is 17.2. The van der Waals surface area contributed by atoms with Crippen molar-refractivity contribution in [2.45, 2.75) is 83.1 Å². The SMILES string of the molecule is CCCCC(N)SC(C)(N)CC(O)(C=C(C)N(CC)CCN)C(C)C. The maximum absolute atomic E-state index is 11.3. The molecule has 0 spiro atoms. The average molecular weight is 375 g/mol. The molecule has 150 valence electrons. The quantitative estimate of drug-likeness (QED) is 0.370. The highest BCUT2D eigenvalue weighted by Gasteiger charge is 2.37. The lowest BCUT2D eigenvalue weighted by atomic mass is 9.83. The first-order chi connectivity index (χ1) is 11.5. The van der Waals surface area contributed by atoms with E-state index in [1.54, 1.807) is 11.8 Å². The van der Waals surface area contributed by atoms with Gasteiger partial charge in [-0.2, -0.15) is 0 Å². The van der Waals surface area contributed by atoms with Gasteiger partial charge < -0.3 is 27.2 Å². The van der Waals surface area contributed by atoms with Gasteiger partial charge in [0.2, 0.25) is 0 Å². The summed E-state index contributed by atoms with van der Waals surface area (Å²) in [5.41, 5.74) is 18.5. The Kier molecular flexibility index (Phi) is 11.3. The third kappa shape index (κ3) is 9.29. The summed E-state index contributed by atoms with van der Waals surface area (Å²) in [5.74, 6) is 0.0503. The molecule has 0 aliphatic heterocycles. The fourth-order valence-electron chi connectivity index (χ4n) is 3.03. The summed E-state index contributed by atoms with van der Waals surface area (Å²) in [7, 11) is 0. The van der Waals surface area contributed by atoms with Crippen molar-refractivity contribution in [3.8, 4) is 0 Å². The van der Waals surface area contributed by atoms with Crippen LogP contribution in [0, 0.1) is 5.92 Å². The number of aliphatic hydroxyl groups is 1. The number of nitrogens with two attached hydrogens (primary N) is 3. The van der Waals surface area contributed by atoms with Crippen LogP contribution in [0.25, 0.3) is 0 Å². The maximum atomic E-state index is 11.3. The third-order valence-corrected chi connectivity index (χ3v) is 5.86. The van der Waals surface area contributed by atoms with E-state index in [9.17, 15) is 5.11 Å². The molecule has 0 amide bonds. The van der Waals surface area contributed by atoms with Crippen LogP contribution in [0.2, 0.25) is 0 Å². The van der Waals surface area contributed by atoms with Crippen molar-refractivity contribution in [2.75, 3.05) is 19.6 Å². The van der Waals surface area contributed by atoms with Crippen LogP contribution in [-0.4, -0.2) is 45.5 Å². The zero-order valence-corrected chi connectivity index (χ0v) is 18.0. The molecule has 0 aromatic rings. The Morgan fingerprint density at radius 3 is 2.36 bits per heavy atom. The van der Waals surface area contributed by atoms with E-state index >= 15 is 0 Å². The van der Waals surface area contributed by atoms with Crippen LogP contribution in [0.4, 0.5) is 0 Å². The number of thioether (sulfide) groups is 1. The maximum Gasteiger partial charge on any atom is 0.0895 e. The first kappa shape index (κ1) is 24.7. The van der Waals surface area contributed by atoms with Crippen molar-refractivity contribution < 1.29 is 5.11 Å². The molecule has 0 saturated heterocycles. The Labute approximate surface area is 159 Å². The van der Waals surface area contributed by atoms with E-state index in [2.05, 4.69) is 18.7 Å². The van der Waals surface area contributed by atoms with Gasteiger partial charge in [-0.3, -0.25) is 0 Å². The second-order valence-electron chi connectivity index (χ2n) is 7.59. The Hall–Kier alpha value is -0.270. The molecule has 5 nitrogen and oxygen atoms in total. The number of unbranched alkanes of at least 4 members (excludes halogenated alkanes) is 1. The van der Waals surface area contributed by atoms with E-state index in [1.807, 2.05) is 33.8 Å². The van der Waals surface area contributed by atoms with E-state index in [0.29, 0.717) is 13.0 Å². The van der Waals surface area contributed by atoms with Crippen molar-refractivity contribution in [2.24, 2.45) is 23.1 Å². The van der Waals surface area contributed by atoms with Gasteiger partial charge in [0.05, 0.1) is 15.8 Å². The lowest BCUT2D eigenvalue weighted by Gasteiger charge is -2.39. The average Bonchev–Trinajstić information content (AvgIpc) is 2.48. The predicted octanol–water partition coefficient (Wildman–Crippen LogP) is 2.83. The fourth-order valence-corrected chi connectivity index (χ4v) is 4.32. The van der Waals surface area contributed by atoms with E-state index in [4.69, 9.17) is 17.2 Å². The molecule has 7 N–H and O–H groups in total. The van der Waals surface area contributed by atoms with Crippen LogP contribution < -0.4 is 17.2 Å². The molecule has 3 atom stereocenters. The summed E-state index contributed by atoms with van der Waals surface area (Å²) >= 11 is 1.57. The number of rotatable bonds is 13. The molecule has 0 aromatic heterocycles. The smallest absolute Gasteiger partial charge is 0.0895 e. The second-order valence-corrected chi connectivity index (χ2v) is 9.36. The molecule has 0 heterocycles. The normalized spacial score (nSPS) is 18.8. The van der Waals surface area contributed by atoms with Gasteiger partial charge in [-0.15, -0.1) is 11.8 Å². The third-order valence-electron chi connectivity index (χ3n) is 4.64. The number of allylic oxidation sites excluding steroid dienone is 1. The number of likely N-dealkylation sites (N-methyl/N-ethyl adjacent to an activating group) is 1. The molecule has 0 bridgehead atoms. The summed E-state index contributed by atoms with van der Waals surface area (Å²) in [6.45, 7) is 14.5. The van der Waals surface area contributed by atoms with Gasteiger partial charge in [0.1, 0.15) is 0 Å². The minimum Gasteiger partial charge on any atom is -0.385 e. The summed E-state index contributed by atoms with van der Waals surface area (Å²) in [6.07, 6.45) is 5.59. The number of hydrogen-bond donors (Lipinski definition) is 4. The van der Waals surface area contributed by atoms with Crippen LogP contribution in [0.5, 0.6) is 0 Å². The van der Waals surface area contributed by atoms with E-state index in [1.165, 1.54) is 0 Å². The Morgan fingerprint density at radius 2 is 1.92 bits per heavy atom. The van der Waals surface area contributed by atoms with Gasteiger partial charge in [0, 0.05) is 31.8 Å². The molecule has 0 aliphatic carbocycles. The molecular formula is C19H42N4OS. The van der Waals surface area contributed by atoms with Crippen molar-refractivity contribution in [1.82, 2.24) is 4.90 Å². The molecule has 0 aromatic carbocycles. The molecule has 6 heteroatoms. The van der Waals surface area contributed by atoms with Crippen molar-refractivity contribution in [3.63, 3.8) is 0 Å². The molecule has 0 saturated carbocycles. The number of hydrogen-bond acceptors (Lipinski definition) is 6.